The minimum atomic E-state index is -0.449. The maximum atomic E-state index is 9.02. The Balaban J connectivity index is 2.54. The van der Waals surface area contributed by atoms with Gasteiger partial charge in [0.2, 0.25) is 0 Å². The van der Waals surface area contributed by atoms with E-state index in [2.05, 4.69) is 0 Å². The highest BCUT2D eigenvalue weighted by atomic mass is 16.5. The highest BCUT2D eigenvalue weighted by Crippen LogP contribution is 2.19. The van der Waals surface area contributed by atoms with Gasteiger partial charge in [0, 0.05) is 5.92 Å². The predicted octanol–water partition coefficient (Wildman–Crippen LogP) is -0.0942. The molecule has 0 bridgehead atoms. The van der Waals surface area contributed by atoms with Gasteiger partial charge in [-0.25, -0.2) is 0 Å². The molecular formula is C6H9NO2. The minimum absolute atomic E-state index is 0.0324. The van der Waals surface area contributed by atoms with Gasteiger partial charge in [0.15, 0.2) is 0 Å². The Kier molecular flexibility index (Phi) is 1.70. The van der Waals surface area contributed by atoms with E-state index in [0.717, 1.165) is 0 Å². The Morgan fingerprint density at radius 3 is 2.67 bits per heavy atom. The Morgan fingerprint density at radius 2 is 2.44 bits per heavy atom. The van der Waals surface area contributed by atoms with Gasteiger partial charge in [-0.05, 0) is 0 Å². The molecule has 0 aromatic rings. The molecule has 0 radical (unpaired) electrons. The van der Waals surface area contributed by atoms with Crippen LogP contribution in [0.2, 0.25) is 0 Å². The summed E-state index contributed by atoms with van der Waals surface area (Å²) >= 11 is 0. The van der Waals surface area contributed by atoms with Gasteiger partial charge in [-0.3, -0.25) is 0 Å². The third-order valence-corrected chi connectivity index (χ3v) is 1.66. The van der Waals surface area contributed by atoms with Gasteiger partial charge in [-0.2, -0.15) is 5.26 Å². The van der Waals surface area contributed by atoms with Crippen LogP contribution in [-0.2, 0) is 4.74 Å². The summed E-state index contributed by atoms with van der Waals surface area (Å²) < 4.78 is 4.92. The molecule has 50 valence electrons. The van der Waals surface area contributed by atoms with E-state index in [-0.39, 0.29) is 5.92 Å². The predicted molar refractivity (Wildman–Crippen MR) is 30.5 cm³/mol. The van der Waals surface area contributed by atoms with Crippen LogP contribution in [0, 0.1) is 17.2 Å². The molecule has 0 saturated carbocycles. The number of nitriles is 1. The summed E-state index contributed by atoms with van der Waals surface area (Å²) in [7, 11) is 0. The van der Waals surface area contributed by atoms with Crippen molar-refractivity contribution in [3.05, 3.63) is 0 Å². The van der Waals surface area contributed by atoms with E-state index in [4.69, 9.17) is 15.1 Å². The fraction of sp³-hybridized carbons (Fsp3) is 0.833. The van der Waals surface area contributed by atoms with Crippen LogP contribution in [0.15, 0.2) is 0 Å². The molecule has 0 aliphatic carbocycles. The second kappa shape index (κ2) is 2.34. The van der Waals surface area contributed by atoms with Crippen LogP contribution in [0.4, 0.5) is 0 Å². The second-order valence-electron chi connectivity index (χ2n) is 2.31. The summed E-state index contributed by atoms with van der Waals surface area (Å²) in [6, 6.07) is 1.96. The zero-order chi connectivity index (χ0) is 6.85. The topological polar surface area (TPSA) is 53.2 Å². The van der Waals surface area contributed by atoms with Crippen LogP contribution < -0.4 is 0 Å². The molecule has 1 rings (SSSR count). The molecule has 3 unspecified atom stereocenters. The van der Waals surface area contributed by atoms with Gasteiger partial charge in [0.05, 0.1) is 18.8 Å². The van der Waals surface area contributed by atoms with Gasteiger partial charge in [-0.1, -0.05) is 6.92 Å². The van der Waals surface area contributed by atoms with Crippen LogP contribution >= 0.6 is 0 Å². The Morgan fingerprint density at radius 1 is 1.78 bits per heavy atom. The van der Waals surface area contributed by atoms with Crippen LogP contribution in [0.5, 0.6) is 0 Å². The van der Waals surface area contributed by atoms with E-state index in [1.54, 1.807) is 0 Å². The molecule has 3 nitrogen and oxygen atoms in total. The molecule has 3 heteroatoms. The SMILES string of the molecule is CC1C(O)COC1C#N. The Labute approximate surface area is 53.9 Å². The van der Waals surface area contributed by atoms with Crippen LogP contribution in [0.25, 0.3) is 0 Å². The highest BCUT2D eigenvalue weighted by Gasteiger charge is 2.31. The van der Waals surface area contributed by atoms with Crippen LogP contribution in [-0.4, -0.2) is 23.9 Å². The monoisotopic (exact) mass is 127 g/mol. The van der Waals surface area contributed by atoms with Crippen molar-refractivity contribution in [2.75, 3.05) is 6.61 Å². The molecule has 1 N–H and O–H groups in total. The van der Waals surface area contributed by atoms with E-state index in [1.807, 2.05) is 13.0 Å². The smallest absolute Gasteiger partial charge is 0.149 e. The molecule has 3 atom stereocenters. The number of hydrogen-bond donors (Lipinski definition) is 1. The molecule has 0 spiro atoms. The van der Waals surface area contributed by atoms with Crippen molar-refractivity contribution in [3.63, 3.8) is 0 Å². The maximum Gasteiger partial charge on any atom is 0.149 e. The first-order chi connectivity index (χ1) is 4.25. The largest absolute Gasteiger partial charge is 0.390 e. The van der Waals surface area contributed by atoms with Crippen molar-refractivity contribution >= 4 is 0 Å². The van der Waals surface area contributed by atoms with Gasteiger partial charge < -0.3 is 9.84 Å². The lowest BCUT2D eigenvalue weighted by molar-refractivity contribution is 0.110. The molecule has 1 saturated heterocycles. The summed E-state index contributed by atoms with van der Waals surface area (Å²) in [5, 5.41) is 17.4. The number of hydrogen-bond acceptors (Lipinski definition) is 3. The first-order valence-corrected chi connectivity index (χ1v) is 2.95. The molecule has 0 aromatic carbocycles. The summed E-state index contributed by atoms with van der Waals surface area (Å²) in [6.45, 7) is 2.12. The molecule has 9 heavy (non-hydrogen) atoms. The summed E-state index contributed by atoms with van der Waals surface area (Å²) in [5.41, 5.74) is 0. The molecule has 0 amide bonds. The van der Waals surface area contributed by atoms with Gasteiger partial charge in [0.25, 0.3) is 0 Å². The highest BCUT2D eigenvalue weighted by molar-refractivity contribution is 4.94. The fourth-order valence-electron chi connectivity index (χ4n) is 0.862. The second-order valence-corrected chi connectivity index (χ2v) is 2.31. The number of aliphatic hydroxyl groups is 1. The zero-order valence-corrected chi connectivity index (χ0v) is 5.24. The normalized spacial score (nSPS) is 42.6. The van der Waals surface area contributed by atoms with Gasteiger partial charge >= 0.3 is 0 Å². The molecule has 1 aliphatic rings. The summed E-state index contributed by atoms with van der Waals surface area (Å²) in [6.07, 6.45) is -0.852. The quantitative estimate of drug-likeness (QED) is 0.494. The molecule has 1 aliphatic heterocycles. The average molecular weight is 127 g/mol. The molecular weight excluding hydrogens is 118 g/mol. The van der Waals surface area contributed by atoms with Crippen molar-refractivity contribution < 1.29 is 9.84 Å². The third-order valence-electron chi connectivity index (χ3n) is 1.66. The van der Waals surface area contributed by atoms with Crippen molar-refractivity contribution in [1.82, 2.24) is 0 Å². The van der Waals surface area contributed by atoms with Gasteiger partial charge in [0.1, 0.15) is 6.10 Å². The number of aliphatic hydroxyl groups excluding tert-OH is 1. The molecule has 0 aromatic heterocycles. The lowest BCUT2D eigenvalue weighted by Crippen LogP contribution is -2.18. The zero-order valence-electron chi connectivity index (χ0n) is 5.24. The van der Waals surface area contributed by atoms with E-state index in [0.29, 0.717) is 6.61 Å². The summed E-state index contributed by atoms with van der Waals surface area (Å²) in [4.78, 5) is 0. The molecule has 1 heterocycles. The first-order valence-electron chi connectivity index (χ1n) is 2.95. The number of nitrogens with zero attached hydrogens (tertiary/aromatic N) is 1. The van der Waals surface area contributed by atoms with Crippen molar-refractivity contribution in [2.24, 2.45) is 5.92 Å². The fourth-order valence-corrected chi connectivity index (χ4v) is 0.862. The number of ether oxygens (including phenoxy) is 1. The van der Waals surface area contributed by atoms with Crippen molar-refractivity contribution in [3.8, 4) is 6.07 Å². The molecule has 1 fully saturated rings. The standard InChI is InChI=1S/C6H9NO2/c1-4-5(8)3-9-6(4)2-7/h4-6,8H,3H2,1H3. The summed E-state index contributed by atoms with van der Waals surface area (Å²) in [5.74, 6) is -0.0324. The van der Waals surface area contributed by atoms with Crippen molar-refractivity contribution in [2.45, 2.75) is 19.1 Å². The van der Waals surface area contributed by atoms with Crippen LogP contribution in [0.1, 0.15) is 6.92 Å². The number of rotatable bonds is 0. The van der Waals surface area contributed by atoms with E-state index >= 15 is 0 Å². The lowest BCUT2D eigenvalue weighted by atomic mass is 10.0. The van der Waals surface area contributed by atoms with E-state index in [1.165, 1.54) is 0 Å². The first kappa shape index (κ1) is 6.53. The average Bonchev–Trinajstić information content (AvgIpc) is 2.15. The van der Waals surface area contributed by atoms with Crippen molar-refractivity contribution in [1.29, 1.82) is 5.26 Å². The van der Waals surface area contributed by atoms with Gasteiger partial charge in [-0.15, -0.1) is 0 Å². The minimum Gasteiger partial charge on any atom is -0.390 e. The lowest BCUT2D eigenvalue weighted by Gasteiger charge is -2.05. The Hall–Kier alpha value is -0.590. The van der Waals surface area contributed by atoms with E-state index in [9.17, 15) is 0 Å². The third kappa shape index (κ3) is 1.04. The Bertz CT molecular complexity index is 140. The van der Waals surface area contributed by atoms with Crippen LogP contribution in [0.3, 0.4) is 0 Å². The van der Waals surface area contributed by atoms with E-state index < -0.39 is 12.2 Å². The maximum absolute atomic E-state index is 9.02.